The molecule has 4 unspecified atom stereocenters. The van der Waals surface area contributed by atoms with E-state index in [-0.39, 0.29) is 37.4 Å². The van der Waals surface area contributed by atoms with Crippen LogP contribution in [0.25, 0.3) is 0 Å². The van der Waals surface area contributed by atoms with Crippen molar-refractivity contribution >= 4 is 23.7 Å². The van der Waals surface area contributed by atoms with Gasteiger partial charge in [0.25, 0.3) is 0 Å². The number of amides is 3. The maximum Gasteiger partial charge on any atom is 0.326 e. The highest BCUT2D eigenvalue weighted by atomic mass is 16.4. The summed E-state index contributed by atoms with van der Waals surface area (Å²) >= 11 is 0. The number of hydrogen-bond acceptors (Lipinski definition) is 8. The summed E-state index contributed by atoms with van der Waals surface area (Å²) in [5.74, 6) is -3.15. The lowest BCUT2D eigenvalue weighted by Gasteiger charge is -2.25. The number of phenols is 1. The average Bonchev–Trinajstić information content (AvgIpc) is 3.63. The molecule has 0 aliphatic rings. The molecule has 0 radical (unpaired) electrons. The number of carboxylic acid groups (broad SMARTS) is 1. The number of aliphatic carboxylic acids is 1. The highest BCUT2D eigenvalue weighted by molar-refractivity contribution is 5.94. The number of nitrogens with two attached hydrogens (primary N) is 1. The molecule has 14 nitrogen and oxygen atoms in total. The molecule has 0 spiro atoms. The number of imidazole rings is 2. The second kappa shape index (κ2) is 14.6. The van der Waals surface area contributed by atoms with Gasteiger partial charge in [-0.15, -0.1) is 0 Å². The first-order chi connectivity index (χ1) is 19.5. The molecule has 0 aliphatic heterocycles. The van der Waals surface area contributed by atoms with Crippen molar-refractivity contribution in [2.45, 2.75) is 63.7 Å². The van der Waals surface area contributed by atoms with Gasteiger partial charge in [0.1, 0.15) is 23.9 Å². The predicted octanol–water partition coefficient (Wildman–Crippen LogP) is -0.221. The topological polar surface area (TPSA) is 228 Å². The third kappa shape index (κ3) is 9.76. The maximum atomic E-state index is 13.6. The Morgan fingerprint density at radius 3 is 1.83 bits per heavy atom. The zero-order valence-corrected chi connectivity index (χ0v) is 22.8. The number of H-pyrrole nitrogens is 2. The van der Waals surface area contributed by atoms with Crippen LogP contribution in [0, 0.1) is 5.92 Å². The quantitative estimate of drug-likeness (QED) is 0.121. The van der Waals surface area contributed by atoms with Crippen LogP contribution in [-0.4, -0.2) is 78.0 Å². The summed E-state index contributed by atoms with van der Waals surface area (Å²) in [4.78, 5) is 65.2. The van der Waals surface area contributed by atoms with E-state index in [0.29, 0.717) is 17.0 Å². The van der Waals surface area contributed by atoms with Crippen molar-refractivity contribution < 1.29 is 29.4 Å². The molecule has 9 N–H and O–H groups in total. The van der Waals surface area contributed by atoms with Crippen LogP contribution in [0.1, 0.15) is 37.2 Å². The van der Waals surface area contributed by atoms with E-state index in [0.717, 1.165) is 0 Å². The van der Waals surface area contributed by atoms with Crippen LogP contribution >= 0.6 is 0 Å². The summed E-state index contributed by atoms with van der Waals surface area (Å²) < 4.78 is 0. The van der Waals surface area contributed by atoms with Crippen LogP contribution < -0.4 is 21.7 Å². The lowest BCUT2D eigenvalue weighted by molar-refractivity contribution is -0.142. The van der Waals surface area contributed by atoms with Gasteiger partial charge in [-0.1, -0.05) is 26.0 Å². The van der Waals surface area contributed by atoms with Crippen molar-refractivity contribution in [3.05, 3.63) is 66.3 Å². The van der Waals surface area contributed by atoms with E-state index in [1.54, 1.807) is 12.1 Å². The van der Waals surface area contributed by atoms with E-state index in [1.165, 1.54) is 37.2 Å². The van der Waals surface area contributed by atoms with Crippen molar-refractivity contribution in [1.29, 1.82) is 0 Å². The smallest absolute Gasteiger partial charge is 0.326 e. The number of hydrogen-bond donors (Lipinski definition) is 8. The zero-order valence-electron chi connectivity index (χ0n) is 22.8. The molecule has 3 amide bonds. The summed E-state index contributed by atoms with van der Waals surface area (Å²) in [6.07, 6.45) is 6.26. The molecule has 0 saturated carbocycles. The highest BCUT2D eigenvalue weighted by Crippen LogP contribution is 2.13. The molecule has 0 saturated heterocycles. The molecule has 1 aromatic carbocycles. The lowest BCUT2D eigenvalue weighted by Crippen LogP contribution is -2.58. The predicted molar refractivity (Wildman–Crippen MR) is 147 cm³/mol. The molecule has 0 bridgehead atoms. The van der Waals surface area contributed by atoms with E-state index < -0.39 is 47.9 Å². The monoisotopic (exact) mass is 568 g/mol. The van der Waals surface area contributed by atoms with Crippen molar-refractivity contribution in [2.75, 3.05) is 0 Å². The molecule has 2 aromatic heterocycles. The number of carbonyl (C=O) groups is 4. The number of nitrogens with one attached hydrogen (secondary N) is 5. The minimum absolute atomic E-state index is 0.00656. The fourth-order valence-electron chi connectivity index (χ4n) is 4.14. The number of benzene rings is 1. The van der Waals surface area contributed by atoms with Gasteiger partial charge < -0.3 is 41.9 Å². The summed E-state index contributed by atoms with van der Waals surface area (Å²) in [6, 6.07) is 1.61. The van der Waals surface area contributed by atoms with Gasteiger partial charge in [-0.05, 0) is 30.0 Å². The number of phenolic OH excluding ortho intramolecular Hbond substituents is 1. The van der Waals surface area contributed by atoms with Crippen LogP contribution in [-0.2, 0) is 38.4 Å². The molecule has 3 aromatic rings. The van der Waals surface area contributed by atoms with E-state index in [1.807, 2.05) is 13.8 Å². The summed E-state index contributed by atoms with van der Waals surface area (Å²) in [5, 5.41) is 27.1. The Morgan fingerprint density at radius 2 is 1.32 bits per heavy atom. The standard InChI is InChI=1S/C27H36N8O6/c1-15(2)7-23(27(40)41)35-26(39)22(10-18-12-30-14-32-18)34-25(38)21(8-16-3-5-19(36)6-4-16)33-24(37)20(28)9-17-11-29-13-31-17/h3-6,11-15,20-23,36H,7-10,28H2,1-2H3,(H,29,31)(H,30,32)(H,33,37)(H,34,38)(H,35,39)(H,40,41). The van der Waals surface area contributed by atoms with E-state index in [4.69, 9.17) is 5.73 Å². The normalized spacial score (nSPS) is 14.0. The highest BCUT2D eigenvalue weighted by Gasteiger charge is 2.31. The fourth-order valence-corrected chi connectivity index (χ4v) is 4.14. The van der Waals surface area contributed by atoms with Gasteiger partial charge in [-0.25, -0.2) is 14.8 Å². The number of rotatable bonds is 15. The Labute approximate surface area is 236 Å². The second-order valence-corrected chi connectivity index (χ2v) is 10.2. The number of aromatic amines is 2. The Balaban J connectivity index is 1.81. The van der Waals surface area contributed by atoms with Crippen molar-refractivity contribution in [2.24, 2.45) is 11.7 Å². The lowest BCUT2D eigenvalue weighted by atomic mass is 10.0. The molecule has 2 heterocycles. The Morgan fingerprint density at radius 1 is 0.805 bits per heavy atom. The molecule has 3 rings (SSSR count). The van der Waals surface area contributed by atoms with Gasteiger partial charge in [0, 0.05) is 43.0 Å². The van der Waals surface area contributed by atoms with E-state index >= 15 is 0 Å². The number of aromatic hydroxyl groups is 1. The average molecular weight is 569 g/mol. The third-order valence-electron chi connectivity index (χ3n) is 6.27. The van der Waals surface area contributed by atoms with Crippen LogP contribution in [0.4, 0.5) is 0 Å². The van der Waals surface area contributed by atoms with E-state index in [2.05, 4.69) is 35.9 Å². The molecule has 220 valence electrons. The van der Waals surface area contributed by atoms with Crippen LogP contribution in [0.15, 0.2) is 49.3 Å². The number of carboxylic acids is 1. The van der Waals surface area contributed by atoms with Crippen LogP contribution in [0.3, 0.4) is 0 Å². The summed E-state index contributed by atoms with van der Waals surface area (Å²) in [6.45, 7) is 3.67. The van der Waals surface area contributed by atoms with Gasteiger partial charge in [0.15, 0.2) is 0 Å². The molecule has 41 heavy (non-hydrogen) atoms. The van der Waals surface area contributed by atoms with E-state index in [9.17, 15) is 29.4 Å². The van der Waals surface area contributed by atoms with Gasteiger partial charge in [0.05, 0.1) is 18.7 Å². The second-order valence-electron chi connectivity index (χ2n) is 10.2. The van der Waals surface area contributed by atoms with Gasteiger partial charge in [-0.2, -0.15) is 0 Å². The maximum absolute atomic E-state index is 13.6. The minimum atomic E-state index is -1.19. The van der Waals surface area contributed by atoms with Crippen molar-refractivity contribution in [3.8, 4) is 5.75 Å². The van der Waals surface area contributed by atoms with Gasteiger partial charge in [-0.3, -0.25) is 14.4 Å². The summed E-state index contributed by atoms with van der Waals surface area (Å²) in [5.41, 5.74) is 7.87. The number of carbonyl (C=O) groups excluding carboxylic acids is 3. The third-order valence-corrected chi connectivity index (χ3v) is 6.27. The Kier molecular flexibility index (Phi) is 11.0. The Bertz CT molecular complexity index is 1280. The first-order valence-electron chi connectivity index (χ1n) is 13.1. The number of aromatic nitrogens is 4. The first kappa shape index (κ1) is 30.8. The van der Waals surface area contributed by atoms with Gasteiger partial charge in [0.2, 0.25) is 17.7 Å². The number of nitrogens with zero attached hydrogens (tertiary/aromatic N) is 2. The van der Waals surface area contributed by atoms with Gasteiger partial charge >= 0.3 is 5.97 Å². The molecular weight excluding hydrogens is 532 g/mol. The SMILES string of the molecule is CC(C)CC(NC(=O)C(Cc1cnc[nH]1)NC(=O)C(Cc1ccc(O)cc1)NC(=O)C(N)Cc1cnc[nH]1)C(=O)O. The van der Waals surface area contributed by atoms with Crippen molar-refractivity contribution in [1.82, 2.24) is 35.9 Å². The molecular formula is C27H36N8O6. The molecule has 0 fully saturated rings. The molecule has 0 aliphatic carbocycles. The van der Waals surface area contributed by atoms with Crippen molar-refractivity contribution in [3.63, 3.8) is 0 Å². The zero-order chi connectivity index (χ0) is 29.9. The van der Waals surface area contributed by atoms with Crippen LogP contribution in [0.5, 0.6) is 5.75 Å². The Hall–Kier alpha value is -4.72. The first-order valence-corrected chi connectivity index (χ1v) is 13.1. The molecule has 4 atom stereocenters. The summed E-state index contributed by atoms with van der Waals surface area (Å²) in [7, 11) is 0. The van der Waals surface area contributed by atoms with Crippen LogP contribution in [0.2, 0.25) is 0 Å². The largest absolute Gasteiger partial charge is 0.508 e. The minimum Gasteiger partial charge on any atom is -0.508 e. The molecule has 14 heteroatoms. The fraction of sp³-hybridized carbons (Fsp3) is 0.407.